The van der Waals surface area contributed by atoms with Crippen molar-refractivity contribution in [3.63, 3.8) is 0 Å². The number of carbonyl (C=O) groups excluding carboxylic acids is 3. The van der Waals surface area contributed by atoms with E-state index in [1.54, 1.807) is 45.3 Å². The number of hydroxylamine groups is 1. The summed E-state index contributed by atoms with van der Waals surface area (Å²) in [6.45, 7) is 6.43. The standard InChI is InChI=1S/C23H32F3N3O4/c1-15(2)13-19(20(30)27-29(14-16(3)4)22(32)23(24,25)26)18(21(31)28-33)12-8-11-17-9-6-5-7-10-17/h5-11,15-16,18-19,33H,12-14H2,1-4H3,(H,27,30)(H,28,31)/t18-,19+/m0/s1. The van der Waals surface area contributed by atoms with Gasteiger partial charge in [-0.15, -0.1) is 0 Å². The number of hydrogen-bond acceptors (Lipinski definition) is 4. The van der Waals surface area contributed by atoms with Gasteiger partial charge in [-0.25, -0.2) is 10.5 Å². The Kier molecular flexibility index (Phi) is 11.1. The molecular formula is C23H32F3N3O4. The van der Waals surface area contributed by atoms with Crippen molar-refractivity contribution in [3.8, 4) is 0 Å². The summed E-state index contributed by atoms with van der Waals surface area (Å²) in [6, 6.07) is 9.17. The zero-order valence-corrected chi connectivity index (χ0v) is 19.2. The molecule has 0 radical (unpaired) electrons. The smallest absolute Gasteiger partial charge is 0.289 e. The Bertz CT molecular complexity index is 811. The molecule has 0 aliphatic heterocycles. The Hall–Kier alpha value is -2.88. The predicted octanol–water partition coefficient (Wildman–Crippen LogP) is 3.95. The Labute approximate surface area is 192 Å². The van der Waals surface area contributed by atoms with Gasteiger partial charge in [-0.05, 0) is 30.2 Å². The summed E-state index contributed by atoms with van der Waals surface area (Å²) >= 11 is 0. The Morgan fingerprint density at radius 1 is 1.00 bits per heavy atom. The average molecular weight is 472 g/mol. The molecule has 184 valence electrons. The number of halogens is 3. The van der Waals surface area contributed by atoms with Crippen LogP contribution in [0, 0.1) is 23.7 Å². The Morgan fingerprint density at radius 2 is 1.61 bits per heavy atom. The number of rotatable bonds is 10. The molecule has 0 aliphatic rings. The normalized spacial score (nSPS) is 13.8. The lowest BCUT2D eigenvalue weighted by Crippen LogP contribution is -2.55. The second-order valence-electron chi connectivity index (χ2n) is 8.65. The molecule has 2 atom stereocenters. The number of allylic oxidation sites excluding steroid dienone is 1. The van der Waals surface area contributed by atoms with Crippen molar-refractivity contribution < 1.29 is 32.8 Å². The highest BCUT2D eigenvalue weighted by Gasteiger charge is 2.44. The number of nitrogens with zero attached hydrogens (tertiary/aromatic N) is 1. The van der Waals surface area contributed by atoms with E-state index >= 15 is 0 Å². The number of amides is 3. The lowest BCUT2D eigenvalue weighted by molar-refractivity contribution is -0.190. The molecule has 0 unspecified atom stereocenters. The summed E-state index contributed by atoms with van der Waals surface area (Å²) < 4.78 is 39.1. The lowest BCUT2D eigenvalue weighted by atomic mass is 9.82. The molecule has 0 saturated carbocycles. The quantitative estimate of drug-likeness (QED) is 0.355. The molecule has 10 heteroatoms. The zero-order valence-electron chi connectivity index (χ0n) is 19.2. The van der Waals surface area contributed by atoms with Crippen LogP contribution in [0.3, 0.4) is 0 Å². The fourth-order valence-corrected chi connectivity index (χ4v) is 3.33. The van der Waals surface area contributed by atoms with Crippen LogP contribution in [0.4, 0.5) is 13.2 Å². The third-order valence-corrected chi connectivity index (χ3v) is 4.78. The number of hydrogen-bond donors (Lipinski definition) is 3. The van der Waals surface area contributed by atoms with Gasteiger partial charge in [-0.2, -0.15) is 13.2 Å². The maximum Gasteiger partial charge on any atom is 0.473 e. The van der Waals surface area contributed by atoms with Crippen molar-refractivity contribution in [1.82, 2.24) is 15.9 Å². The minimum Gasteiger partial charge on any atom is -0.289 e. The molecule has 0 spiro atoms. The van der Waals surface area contributed by atoms with Gasteiger partial charge in [0.15, 0.2) is 0 Å². The largest absolute Gasteiger partial charge is 0.473 e. The van der Waals surface area contributed by atoms with Crippen molar-refractivity contribution in [2.24, 2.45) is 23.7 Å². The number of nitrogens with one attached hydrogen (secondary N) is 2. The highest BCUT2D eigenvalue weighted by molar-refractivity contribution is 5.89. The van der Waals surface area contributed by atoms with Crippen molar-refractivity contribution in [2.75, 3.05) is 6.54 Å². The van der Waals surface area contributed by atoms with Crippen molar-refractivity contribution in [3.05, 3.63) is 42.0 Å². The summed E-state index contributed by atoms with van der Waals surface area (Å²) in [5.41, 5.74) is 4.46. The van der Waals surface area contributed by atoms with E-state index in [1.165, 1.54) is 0 Å². The molecule has 1 rings (SSSR count). The van der Waals surface area contributed by atoms with E-state index in [9.17, 15) is 32.8 Å². The average Bonchev–Trinajstić information content (AvgIpc) is 2.73. The van der Waals surface area contributed by atoms with Gasteiger partial charge in [0.1, 0.15) is 0 Å². The fraction of sp³-hybridized carbons (Fsp3) is 0.522. The topological polar surface area (TPSA) is 98.7 Å². The van der Waals surface area contributed by atoms with E-state index in [-0.39, 0.29) is 36.2 Å². The highest BCUT2D eigenvalue weighted by Crippen LogP contribution is 2.26. The van der Waals surface area contributed by atoms with Gasteiger partial charge in [0.05, 0.1) is 11.8 Å². The summed E-state index contributed by atoms with van der Waals surface area (Å²) in [6.07, 6.45) is -1.58. The van der Waals surface area contributed by atoms with Gasteiger partial charge >= 0.3 is 12.1 Å². The van der Waals surface area contributed by atoms with Gasteiger partial charge in [0, 0.05) is 6.54 Å². The summed E-state index contributed by atoms with van der Waals surface area (Å²) in [4.78, 5) is 37.3. The van der Waals surface area contributed by atoms with Gasteiger partial charge < -0.3 is 0 Å². The number of hydrazine groups is 1. The fourth-order valence-electron chi connectivity index (χ4n) is 3.33. The lowest BCUT2D eigenvalue weighted by Gasteiger charge is -2.30. The van der Waals surface area contributed by atoms with E-state index in [0.29, 0.717) is 0 Å². The highest BCUT2D eigenvalue weighted by atomic mass is 19.4. The van der Waals surface area contributed by atoms with Gasteiger partial charge in [0.2, 0.25) is 11.8 Å². The molecule has 0 saturated heterocycles. The van der Waals surface area contributed by atoms with E-state index in [1.807, 2.05) is 30.3 Å². The van der Waals surface area contributed by atoms with Gasteiger partial charge in [0.25, 0.3) is 0 Å². The molecular weight excluding hydrogens is 439 g/mol. The van der Waals surface area contributed by atoms with Crippen molar-refractivity contribution in [2.45, 2.75) is 46.7 Å². The molecule has 0 fully saturated rings. The van der Waals surface area contributed by atoms with Crippen molar-refractivity contribution in [1.29, 1.82) is 0 Å². The minimum atomic E-state index is -5.17. The first-order chi connectivity index (χ1) is 15.4. The first kappa shape index (κ1) is 28.2. The van der Waals surface area contributed by atoms with Crippen LogP contribution in [-0.2, 0) is 14.4 Å². The first-order valence-corrected chi connectivity index (χ1v) is 10.7. The minimum absolute atomic E-state index is 0.0451. The molecule has 1 aromatic carbocycles. The van der Waals surface area contributed by atoms with Crippen LogP contribution in [0.2, 0.25) is 0 Å². The predicted molar refractivity (Wildman–Crippen MR) is 117 cm³/mol. The van der Waals surface area contributed by atoms with Crippen LogP contribution in [0.1, 0.15) is 46.1 Å². The maximum atomic E-state index is 13.0. The molecule has 3 N–H and O–H groups in total. The summed E-state index contributed by atoms with van der Waals surface area (Å²) in [5.74, 6) is -6.54. The third kappa shape index (κ3) is 9.65. The monoisotopic (exact) mass is 471 g/mol. The molecule has 7 nitrogen and oxygen atoms in total. The van der Waals surface area contributed by atoms with Crippen LogP contribution in [0.15, 0.2) is 36.4 Å². The molecule has 0 bridgehead atoms. The number of carbonyl (C=O) groups is 3. The zero-order chi connectivity index (χ0) is 25.2. The van der Waals surface area contributed by atoms with Crippen LogP contribution < -0.4 is 10.9 Å². The first-order valence-electron chi connectivity index (χ1n) is 10.7. The SMILES string of the molecule is CC(C)C[C@@H](C(=O)NN(CC(C)C)C(=O)C(F)(F)F)[C@H](CC=Cc1ccccc1)C(=O)NO. The van der Waals surface area contributed by atoms with Crippen molar-refractivity contribution >= 4 is 23.8 Å². The second kappa shape index (κ2) is 13.0. The number of benzene rings is 1. The van der Waals surface area contributed by atoms with Crippen LogP contribution >= 0.6 is 0 Å². The van der Waals surface area contributed by atoms with Crippen LogP contribution in [0.25, 0.3) is 6.08 Å². The molecule has 0 aromatic heterocycles. The Balaban J connectivity index is 3.18. The van der Waals surface area contributed by atoms with Gasteiger partial charge in [-0.1, -0.05) is 70.2 Å². The Morgan fingerprint density at radius 3 is 2.09 bits per heavy atom. The maximum absolute atomic E-state index is 13.0. The molecule has 1 aromatic rings. The molecule has 0 aliphatic carbocycles. The second-order valence-corrected chi connectivity index (χ2v) is 8.65. The third-order valence-electron chi connectivity index (χ3n) is 4.78. The van der Waals surface area contributed by atoms with Gasteiger partial charge in [-0.3, -0.25) is 25.0 Å². The molecule has 33 heavy (non-hydrogen) atoms. The van der Waals surface area contributed by atoms with E-state index in [0.717, 1.165) is 5.56 Å². The van der Waals surface area contributed by atoms with E-state index in [2.05, 4.69) is 5.43 Å². The van der Waals surface area contributed by atoms with Crippen LogP contribution in [0.5, 0.6) is 0 Å². The molecule has 3 amide bonds. The van der Waals surface area contributed by atoms with Crippen LogP contribution in [-0.4, -0.2) is 40.7 Å². The van der Waals surface area contributed by atoms with E-state index in [4.69, 9.17) is 0 Å². The summed E-state index contributed by atoms with van der Waals surface area (Å²) in [7, 11) is 0. The number of alkyl halides is 3. The van der Waals surface area contributed by atoms with E-state index < -0.39 is 35.7 Å². The summed E-state index contributed by atoms with van der Waals surface area (Å²) in [5, 5.41) is 9.46. The molecule has 0 heterocycles.